The van der Waals surface area contributed by atoms with Crippen molar-refractivity contribution in [3.05, 3.63) is 53.1 Å². The Balaban J connectivity index is 2.14. The van der Waals surface area contributed by atoms with Gasteiger partial charge in [-0.15, -0.1) is 0 Å². The van der Waals surface area contributed by atoms with Crippen molar-refractivity contribution in [1.82, 2.24) is 4.98 Å². The molecule has 0 fully saturated rings. The van der Waals surface area contributed by atoms with Crippen molar-refractivity contribution in [3.8, 4) is 0 Å². The summed E-state index contributed by atoms with van der Waals surface area (Å²) in [5.74, 6) is -2.39. The van der Waals surface area contributed by atoms with E-state index < -0.39 is 17.5 Å². The first kappa shape index (κ1) is 12.3. The van der Waals surface area contributed by atoms with Crippen molar-refractivity contribution in [2.45, 2.75) is 0 Å². The third-order valence-corrected chi connectivity index (χ3v) is 2.46. The van der Waals surface area contributed by atoms with Crippen molar-refractivity contribution >= 4 is 29.0 Å². The summed E-state index contributed by atoms with van der Waals surface area (Å²) < 4.78 is 13.4. The summed E-state index contributed by atoms with van der Waals surface area (Å²) in [6.45, 7) is 0. The molecule has 1 aromatic heterocycles. The molecule has 0 spiro atoms. The van der Waals surface area contributed by atoms with Gasteiger partial charge in [-0.1, -0.05) is 11.6 Å². The lowest BCUT2D eigenvalue weighted by atomic mass is 10.2. The van der Waals surface area contributed by atoms with E-state index in [4.69, 9.17) is 11.6 Å². The zero-order valence-electron chi connectivity index (χ0n) is 9.04. The molecule has 0 saturated heterocycles. The van der Waals surface area contributed by atoms with Gasteiger partial charge in [0.15, 0.2) is 0 Å². The van der Waals surface area contributed by atoms with Gasteiger partial charge in [-0.3, -0.25) is 9.59 Å². The quantitative estimate of drug-likeness (QED) is 0.663. The van der Waals surface area contributed by atoms with Gasteiger partial charge in [0.2, 0.25) is 0 Å². The van der Waals surface area contributed by atoms with E-state index >= 15 is 0 Å². The fourth-order valence-corrected chi connectivity index (χ4v) is 1.52. The van der Waals surface area contributed by atoms with Gasteiger partial charge in [-0.05, 0) is 30.3 Å². The van der Waals surface area contributed by atoms with Crippen LogP contribution in [0.5, 0.6) is 0 Å². The molecule has 2 aromatic rings. The van der Waals surface area contributed by atoms with Crippen molar-refractivity contribution in [3.63, 3.8) is 0 Å². The zero-order chi connectivity index (χ0) is 13.1. The second kappa shape index (κ2) is 5.01. The van der Waals surface area contributed by atoms with Crippen LogP contribution in [0.1, 0.15) is 10.5 Å². The predicted octanol–water partition coefficient (Wildman–Crippen LogP) is 2.63. The van der Waals surface area contributed by atoms with Crippen LogP contribution in [0.4, 0.5) is 10.1 Å². The van der Waals surface area contributed by atoms with E-state index in [0.29, 0.717) is 0 Å². The molecule has 0 bridgehead atoms. The van der Waals surface area contributed by atoms with Crippen molar-refractivity contribution in [2.75, 3.05) is 5.32 Å². The fourth-order valence-electron chi connectivity index (χ4n) is 1.36. The Labute approximate surface area is 107 Å². The molecule has 0 unspecified atom stereocenters. The number of aromatic amines is 1. The Kier molecular flexibility index (Phi) is 3.43. The number of rotatable bonds is 3. The number of hydrogen-bond acceptors (Lipinski definition) is 2. The normalized spacial score (nSPS) is 10.1. The number of carbonyl (C=O) groups is 2. The average molecular weight is 267 g/mol. The summed E-state index contributed by atoms with van der Waals surface area (Å²) in [7, 11) is 0. The maximum Gasteiger partial charge on any atom is 0.298 e. The van der Waals surface area contributed by atoms with Crippen LogP contribution in [-0.2, 0) is 4.79 Å². The molecule has 0 aliphatic heterocycles. The Morgan fingerprint density at radius 2 is 2.06 bits per heavy atom. The van der Waals surface area contributed by atoms with Crippen LogP contribution >= 0.6 is 11.6 Å². The maximum atomic E-state index is 13.4. The van der Waals surface area contributed by atoms with Crippen LogP contribution in [0.15, 0.2) is 36.5 Å². The number of hydrogen-bond donors (Lipinski definition) is 2. The highest BCUT2D eigenvalue weighted by molar-refractivity contribution is 6.46. The molecule has 6 heteroatoms. The lowest BCUT2D eigenvalue weighted by molar-refractivity contribution is -0.112. The number of H-pyrrole nitrogens is 1. The Morgan fingerprint density at radius 3 is 2.67 bits per heavy atom. The number of aromatic nitrogens is 1. The molecule has 2 rings (SSSR count). The van der Waals surface area contributed by atoms with Crippen LogP contribution in [0, 0.1) is 5.82 Å². The van der Waals surface area contributed by atoms with E-state index in [1.54, 1.807) is 6.07 Å². The second-order valence-electron chi connectivity index (χ2n) is 3.49. The lowest BCUT2D eigenvalue weighted by Crippen LogP contribution is -2.23. The van der Waals surface area contributed by atoms with Crippen molar-refractivity contribution < 1.29 is 14.0 Å². The minimum Gasteiger partial charge on any atom is -0.358 e. The summed E-state index contributed by atoms with van der Waals surface area (Å²) in [5.41, 5.74) is 0.0474. The average Bonchev–Trinajstić information content (AvgIpc) is 2.85. The molecule has 1 aromatic carbocycles. The highest BCUT2D eigenvalue weighted by Gasteiger charge is 2.18. The molecule has 0 radical (unpaired) electrons. The second-order valence-corrected chi connectivity index (χ2v) is 3.93. The molecular weight excluding hydrogens is 259 g/mol. The first-order valence-electron chi connectivity index (χ1n) is 5.02. The van der Waals surface area contributed by atoms with Gasteiger partial charge in [0.1, 0.15) is 5.82 Å². The maximum absolute atomic E-state index is 13.4. The summed E-state index contributed by atoms with van der Waals surface area (Å²) in [6.07, 6.45) is 1.52. The summed E-state index contributed by atoms with van der Waals surface area (Å²) in [5, 5.41) is 2.39. The third kappa shape index (κ3) is 2.57. The Morgan fingerprint density at radius 1 is 1.28 bits per heavy atom. The minimum atomic E-state index is -0.918. The highest BCUT2D eigenvalue weighted by atomic mass is 35.5. The molecule has 92 valence electrons. The van der Waals surface area contributed by atoms with E-state index in [-0.39, 0.29) is 16.4 Å². The lowest BCUT2D eigenvalue weighted by Gasteiger charge is -2.05. The monoisotopic (exact) mass is 266 g/mol. The summed E-state index contributed by atoms with van der Waals surface area (Å²) in [6, 6.07) is 6.80. The van der Waals surface area contributed by atoms with E-state index in [0.717, 1.165) is 6.07 Å². The smallest absolute Gasteiger partial charge is 0.298 e. The van der Waals surface area contributed by atoms with E-state index in [9.17, 15) is 14.0 Å². The van der Waals surface area contributed by atoms with Gasteiger partial charge >= 0.3 is 0 Å². The number of Topliss-reactive ketones (excluding diaryl/α,β-unsaturated/α-hetero) is 1. The number of ketones is 1. The molecule has 0 atom stereocenters. The Bertz CT molecular complexity index is 596. The third-order valence-electron chi connectivity index (χ3n) is 2.23. The van der Waals surface area contributed by atoms with Gasteiger partial charge in [-0.2, -0.15) is 0 Å². The molecule has 18 heavy (non-hydrogen) atoms. The number of benzene rings is 1. The predicted molar refractivity (Wildman–Crippen MR) is 65.2 cm³/mol. The van der Waals surface area contributed by atoms with Crippen molar-refractivity contribution in [2.24, 2.45) is 0 Å². The molecular formula is C12H8ClFN2O2. The van der Waals surface area contributed by atoms with Crippen LogP contribution in [0.3, 0.4) is 0 Å². The van der Waals surface area contributed by atoms with Crippen LogP contribution in [-0.4, -0.2) is 16.7 Å². The molecule has 1 heterocycles. The number of amides is 1. The van der Waals surface area contributed by atoms with Crippen LogP contribution < -0.4 is 5.32 Å². The molecule has 0 saturated carbocycles. The molecule has 1 amide bonds. The number of nitrogens with one attached hydrogen (secondary N) is 2. The number of carbonyl (C=O) groups excluding carboxylic acids is 2. The first-order valence-corrected chi connectivity index (χ1v) is 5.40. The zero-order valence-corrected chi connectivity index (χ0v) is 9.79. The van der Waals surface area contributed by atoms with Crippen LogP contribution in [0.2, 0.25) is 5.02 Å². The molecule has 4 nitrogen and oxygen atoms in total. The van der Waals surface area contributed by atoms with E-state index in [1.807, 2.05) is 0 Å². The highest BCUT2D eigenvalue weighted by Crippen LogP contribution is 2.18. The molecule has 2 N–H and O–H groups in total. The largest absolute Gasteiger partial charge is 0.358 e. The van der Waals surface area contributed by atoms with Gasteiger partial charge in [0.25, 0.3) is 11.7 Å². The Hall–Kier alpha value is -2.14. The van der Waals surface area contributed by atoms with E-state index in [2.05, 4.69) is 10.3 Å². The van der Waals surface area contributed by atoms with Gasteiger partial charge in [0.05, 0.1) is 11.4 Å². The number of anilines is 1. The van der Waals surface area contributed by atoms with E-state index in [1.165, 1.54) is 24.4 Å². The van der Waals surface area contributed by atoms with Gasteiger partial charge in [0, 0.05) is 11.2 Å². The first-order chi connectivity index (χ1) is 8.58. The van der Waals surface area contributed by atoms with Crippen molar-refractivity contribution in [1.29, 1.82) is 0 Å². The SMILES string of the molecule is O=C(Nc1ccc(Cl)cc1F)C(=O)c1ccc[nH]1. The summed E-state index contributed by atoms with van der Waals surface area (Å²) >= 11 is 5.57. The van der Waals surface area contributed by atoms with Gasteiger partial charge in [-0.25, -0.2) is 4.39 Å². The standard InChI is InChI=1S/C12H8ClFN2O2/c13-7-3-4-9(8(14)6-7)16-12(18)11(17)10-2-1-5-15-10/h1-6,15H,(H,16,18). The molecule has 0 aliphatic carbocycles. The number of halogens is 2. The summed E-state index contributed by atoms with van der Waals surface area (Å²) in [4.78, 5) is 25.8. The fraction of sp³-hybridized carbons (Fsp3) is 0. The molecule has 0 aliphatic rings. The van der Waals surface area contributed by atoms with Crippen LogP contribution in [0.25, 0.3) is 0 Å². The topological polar surface area (TPSA) is 62.0 Å². The van der Waals surface area contributed by atoms with Gasteiger partial charge < -0.3 is 10.3 Å². The minimum absolute atomic E-state index is 0.0932.